The molecule has 20 heavy (non-hydrogen) atoms. The van der Waals surface area contributed by atoms with Gasteiger partial charge in [-0.1, -0.05) is 27.1 Å². The van der Waals surface area contributed by atoms with Gasteiger partial charge in [0.2, 0.25) is 5.91 Å². The molecular weight excluding hydrogens is 334 g/mol. The van der Waals surface area contributed by atoms with Gasteiger partial charge < -0.3 is 9.84 Å². The van der Waals surface area contributed by atoms with E-state index in [-0.39, 0.29) is 6.61 Å². The SMILES string of the molecule is C[C@@]1(Br)C(=O)NC(=O)N([C@H]2C=C[C@@H](CO)O2)[C@H]1N=[N+]=[N-]. The zero-order valence-electron chi connectivity index (χ0n) is 10.4. The van der Waals surface area contributed by atoms with Crippen molar-refractivity contribution in [1.82, 2.24) is 10.2 Å². The summed E-state index contributed by atoms with van der Waals surface area (Å²) in [7, 11) is 0. The molecule has 1 saturated heterocycles. The molecule has 0 aromatic rings. The molecule has 2 heterocycles. The Morgan fingerprint density at radius 2 is 2.35 bits per heavy atom. The largest absolute Gasteiger partial charge is 0.393 e. The molecule has 0 spiro atoms. The van der Waals surface area contributed by atoms with Gasteiger partial charge in [-0.25, -0.2) is 4.79 Å². The van der Waals surface area contributed by atoms with E-state index in [9.17, 15) is 9.59 Å². The zero-order chi connectivity index (χ0) is 14.9. The number of nitrogens with one attached hydrogen (secondary N) is 1. The van der Waals surface area contributed by atoms with Crippen LogP contribution in [0, 0.1) is 0 Å². The predicted octanol–water partition coefficient (Wildman–Crippen LogP) is 0.602. The Morgan fingerprint density at radius 1 is 1.65 bits per heavy atom. The van der Waals surface area contributed by atoms with E-state index in [0.29, 0.717) is 0 Å². The minimum absolute atomic E-state index is 0.237. The van der Waals surface area contributed by atoms with Crippen molar-refractivity contribution in [2.24, 2.45) is 5.11 Å². The van der Waals surface area contributed by atoms with Gasteiger partial charge in [-0.3, -0.25) is 15.0 Å². The molecule has 2 N–H and O–H groups in total. The van der Waals surface area contributed by atoms with E-state index in [2.05, 4.69) is 31.3 Å². The van der Waals surface area contributed by atoms with Crippen molar-refractivity contribution < 1.29 is 19.4 Å². The number of imide groups is 1. The Hall–Kier alpha value is -1.61. The van der Waals surface area contributed by atoms with Crippen molar-refractivity contribution in [3.8, 4) is 0 Å². The van der Waals surface area contributed by atoms with Gasteiger partial charge in [0.1, 0.15) is 16.6 Å². The van der Waals surface area contributed by atoms with Crippen LogP contribution in [0.25, 0.3) is 10.4 Å². The predicted molar refractivity (Wildman–Crippen MR) is 70.5 cm³/mol. The number of nitrogens with zero attached hydrogens (tertiary/aromatic N) is 4. The highest BCUT2D eigenvalue weighted by atomic mass is 79.9. The van der Waals surface area contributed by atoms with Crippen molar-refractivity contribution >= 4 is 27.9 Å². The number of rotatable bonds is 3. The van der Waals surface area contributed by atoms with Gasteiger partial charge in [0.25, 0.3) is 0 Å². The highest BCUT2D eigenvalue weighted by molar-refractivity contribution is 9.10. The number of aliphatic hydroxyl groups is 1. The summed E-state index contributed by atoms with van der Waals surface area (Å²) in [5, 5.41) is 14.7. The maximum Gasteiger partial charge on any atom is 0.326 e. The first-order valence-electron chi connectivity index (χ1n) is 5.73. The summed E-state index contributed by atoms with van der Waals surface area (Å²) in [5.74, 6) is -0.600. The van der Waals surface area contributed by atoms with Gasteiger partial charge in [-0.15, -0.1) is 0 Å². The lowest BCUT2D eigenvalue weighted by molar-refractivity contribution is -0.128. The molecule has 2 rings (SSSR count). The van der Waals surface area contributed by atoms with Crippen LogP contribution in [-0.2, 0) is 9.53 Å². The molecule has 0 bridgehead atoms. The van der Waals surface area contributed by atoms with E-state index in [1.165, 1.54) is 6.92 Å². The molecule has 10 heteroatoms. The van der Waals surface area contributed by atoms with Crippen LogP contribution in [0.5, 0.6) is 0 Å². The minimum Gasteiger partial charge on any atom is -0.393 e. The highest BCUT2D eigenvalue weighted by Gasteiger charge is 2.51. The number of halogens is 1. The second-order valence-corrected chi connectivity index (χ2v) is 6.10. The monoisotopic (exact) mass is 345 g/mol. The fraction of sp³-hybridized carbons (Fsp3) is 0.600. The lowest BCUT2D eigenvalue weighted by Gasteiger charge is -2.43. The fourth-order valence-corrected chi connectivity index (χ4v) is 2.40. The molecule has 108 valence electrons. The van der Waals surface area contributed by atoms with Crippen molar-refractivity contribution in [2.75, 3.05) is 6.61 Å². The second kappa shape index (κ2) is 5.41. The summed E-state index contributed by atoms with van der Waals surface area (Å²) in [6.45, 7) is 1.25. The number of amides is 3. The zero-order valence-corrected chi connectivity index (χ0v) is 12.0. The molecule has 0 aliphatic carbocycles. The Kier molecular flexibility index (Phi) is 4.00. The third-order valence-electron chi connectivity index (χ3n) is 3.07. The van der Waals surface area contributed by atoms with Crippen LogP contribution in [0.4, 0.5) is 4.79 Å². The van der Waals surface area contributed by atoms with E-state index >= 15 is 0 Å². The first-order valence-corrected chi connectivity index (χ1v) is 6.52. The van der Waals surface area contributed by atoms with Gasteiger partial charge in [0.15, 0.2) is 6.23 Å². The summed E-state index contributed by atoms with van der Waals surface area (Å²) >= 11 is 3.17. The topological polar surface area (TPSA) is 128 Å². The lowest BCUT2D eigenvalue weighted by Crippen LogP contribution is -2.67. The number of ether oxygens (including phenoxy) is 1. The number of azide groups is 1. The van der Waals surface area contributed by atoms with Crippen LogP contribution in [-0.4, -0.2) is 51.4 Å². The fourth-order valence-electron chi connectivity index (χ4n) is 1.99. The van der Waals surface area contributed by atoms with Gasteiger partial charge in [0.05, 0.1) is 6.61 Å². The van der Waals surface area contributed by atoms with Gasteiger partial charge in [-0.2, -0.15) is 0 Å². The first kappa shape index (κ1) is 14.8. The van der Waals surface area contributed by atoms with Gasteiger partial charge in [0, 0.05) is 4.91 Å². The maximum atomic E-state index is 12.0. The third kappa shape index (κ3) is 2.38. The highest BCUT2D eigenvalue weighted by Crippen LogP contribution is 2.34. The Bertz CT molecular complexity index is 516. The molecule has 0 saturated carbocycles. The molecule has 1 fully saturated rings. The van der Waals surface area contributed by atoms with Crippen LogP contribution in [0.2, 0.25) is 0 Å². The van der Waals surface area contributed by atoms with Gasteiger partial charge in [-0.05, 0) is 18.5 Å². The van der Waals surface area contributed by atoms with E-state index in [1.807, 2.05) is 0 Å². The molecule has 0 radical (unpaired) electrons. The Morgan fingerprint density at radius 3 is 2.90 bits per heavy atom. The molecule has 3 amide bonds. The molecule has 0 aromatic carbocycles. The molecule has 2 aliphatic rings. The standard InChI is InChI=1S/C10H12BrN5O4/c1-10(11)7(14-15-12)16(9(19)13-8(10)18)6-3-2-5(4-17)20-6/h2-3,5-7,17H,4H2,1H3,(H,13,18,19)/t5-,6+,7+,10-/m0/s1. The van der Waals surface area contributed by atoms with Crippen LogP contribution >= 0.6 is 15.9 Å². The first-order chi connectivity index (χ1) is 9.41. The summed E-state index contributed by atoms with van der Waals surface area (Å²) < 4.78 is 4.14. The normalized spacial score (nSPS) is 36.8. The number of hydrogen-bond donors (Lipinski definition) is 2. The lowest BCUT2D eigenvalue weighted by atomic mass is 10.0. The van der Waals surface area contributed by atoms with Crippen LogP contribution in [0.15, 0.2) is 17.3 Å². The number of urea groups is 1. The average molecular weight is 346 g/mol. The van der Waals surface area contributed by atoms with Crippen molar-refractivity contribution in [3.63, 3.8) is 0 Å². The number of aliphatic hydroxyl groups excluding tert-OH is 1. The number of alkyl halides is 1. The Balaban J connectivity index is 2.33. The summed E-state index contributed by atoms with van der Waals surface area (Å²) in [6, 6.07) is -0.724. The third-order valence-corrected chi connectivity index (χ3v) is 3.84. The molecule has 4 atom stereocenters. The quantitative estimate of drug-likeness (QED) is 0.255. The van der Waals surface area contributed by atoms with E-state index in [1.54, 1.807) is 12.2 Å². The molecule has 0 unspecified atom stereocenters. The van der Waals surface area contributed by atoms with E-state index in [0.717, 1.165) is 4.90 Å². The molecule has 0 aromatic heterocycles. The minimum atomic E-state index is -1.28. The van der Waals surface area contributed by atoms with Crippen molar-refractivity contribution in [1.29, 1.82) is 0 Å². The van der Waals surface area contributed by atoms with Crippen LogP contribution < -0.4 is 5.32 Å². The van der Waals surface area contributed by atoms with Crippen LogP contribution in [0.1, 0.15) is 6.92 Å². The maximum absolute atomic E-state index is 12.0. The second-order valence-electron chi connectivity index (χ2n) is 4.45. The van der Waals surface area contributed by atoms with E-state index in [4.69, 9.17) is 15.4 Å². The molecular formula is C10H12BrN5O4. The summed E-state index contributed by atoms with van der Waals surface area (Å²) in [6.07, 6.45) is 0.680. The smallest absolute Gasteiger partial charge is 0.326 e. The van der Waals surface area contributed by atoms with Crippen molar-refractivity contribution in [2.45, 2.75) is 29.7 Å². The molecule has 2 aliphatic heterocycles. The summed E-state index contributed by atoms with van der Waals surface area (Å²) in [5.41, 5.74) is 8.65. The van der Waals surface area contributed by atoms with Crippen LogP contribution in [0.3, 0.4) is 0 Å². The number of carbonyl (C=O) groups excluding carboxylic acids is 2. The molecule has 9 nitrogen and oxygen atoms in total. The van der Waals surface area contributed by atoms with Gasteiger partial charge >= 0.3 is 6.03 Å². The number of hydrogen-bond acceptors (Lipinski definition) is 5. The Labute approximate surface area is 122 Å². The van der Waals surface area contributed by atoms with Crippen molar-refractivity contribution in [3.05, 3.63) is 22.6 Å². The average Bonchev–Trinajstić information content (AvgIpc) is 2.85. The number of carbonyl (C=O) groups is 2. The summed E-state index contributed by atoms with van der Waals surface area (Å²) in [4.78, 5) is 27.6. The van der Waals surface area contributed by atoms with E-state index < -0.39 is 34.8 Å².